The fraction of sp³-hybridized carbons (Fsp3) is 0.0800. The Morgan fingerprint density at radius 2 is 1.23 bits per heavy atom. The topological polar surface area (TPSA) is 70.4 Å². The minimum atomic E-state index is 0.219. The maximum atomic E-state index is 9.39. The molecule has 5 heteroatoms. The Labute approximate surface area is 175 Å². The van der Waals surface area contributed by atoms with Gasteiger partial charge in [-0.15, -0.1) is 0 Å². The van der Waals surface area contributed by atoms with Crippen molar-refractivity contribution >= 4 is 12.2 Å². The van der Waals surface area contributed by atoms with Crippen molar-refractivity contribution in [2.45, 2.75) is 13.8 Å². The van der Waals surface area contributed by atoms with Gasteiger partial charge in [0.15, 0.2) is 0 Å². The van der Waals surface area contributed by atoms with Crippen molar-refractivity contribution in [3.63, 3.8) is 0 Å². The lowest BCUT2D eigenvalue weighted by atomic mass is 10.1. The molecule has 3 aromatic carbocycles. The Hall–Kier alpha value is -3.99. The van der Waals surface area contributed by atoms with Gasteiger partial charge in [0.1, 0.15) is 5.75 Å². The van der Waals surface area contributed by atoms with Crippen LogP contribution in [-0.2, 0) is 0 Å². The van der Waals surface area contributed by atoms with Gasteiger partial charge < -0.3 is 5.11 Å². The van der Waals surface area contributed by atoms with Crippen LogP contribution in [0.5, 0.6) is 5.75 Å². The predicted molar refractivity (Wildman–Crippen MR) is 122 cm³/mol. The van der Waals surface area contributed by atoms with Crippen LogP contribution in [0.25, 0.3) is 22.5 Å². The number of hydrogen-bond donors (Lipinski definition) is 2. The second-order valence-corrected chi connectivity index (χ2v) is 7.16. The molecule has 0 amide bonds. The summed E-state index contributed by atoms with van der Waals surface area (Å²) >= 11 is 0. The van der Waals surface area contributed by atoms with Gasteiger partial charge in [-0.05, 0) is 49.7 Å². The summed E-state index contributed by atoms with van der Waals surface area (Å²) in [5.41, 5.74) is 9.86. The van der Waals surface area contributed by atoms with Crippen molar-refractivity contribution in [1.82, 2.24) is 9.97 Å². The molecule has 0 unspecified atom stereocenters. The number of phenolic OH excluding ortho intramolecular Hbond substituents is 1. The molecule has 0 saturated carbocycles. The summed E-state index contributed by atoms with van der Waals surface area (Å²) in [5.74, 6) is 0.635. The van der Waals surface area contributed by atoms with E-state index in [1.54, 1.807) is 30.5 Å². The van der Waals surface area contributed by atoms with Crippen LogP contribution in [0, 0.1) is 13.8 Å². The van der Waals surface area contributed by atoms with E-state index >= 15 is 0 Å². The Morgan fingerprint density at radius 3 is 1.73 bits per heavy atom. The largest absolute Gasteiger partial charge is 0.508 e. The van der Waals surface area contributed by atoms with E-state index in [2.05, 4.69) is 82.9 Å². The molecule has 1 heterocycles. The number of aryl methyl sites for hydroxylation is 2. The molecule has 4 aromatic rings. The Balaban J connectivity index is 1.68. The summed E-state index contributed by atoms with van der Waals surface area (Å²) in [7, 11) is 0. The lowest BCUT2D eigenvalue weighted by Gasteiger charge is -2.09. The summed E-state index contributed by atoms with van der Waals surface area (Å²) in [4.78, 5) is 9.29. The average molecular weight is 394 g/mol. The maximum Gasteiger partial charge on any atom is 0.244 e. The highest BCUT2D eigenvalue weighted by Crippen LogP contribution is 2.26. The number of nitrogens with one attached hydrogen (secondary N) is 1. The van der Waals surface area contributed by atoms with Crippen molar-refractivity contribution in [2.24, 2.45) is 5.10 Å². The SMILES string of the molecule is Cc1ccc(-c2cc(-c3ccc(C)cc3)nc(NN=Cc3ccc(O)cc3)n2)cc1. The van der Waals surface area contributed by atoms with E-state index < -0.39 is 0 Å². The zero-order valence-corrected chi connectivity index (χ0v) is 16.9. The first-order valence-corrected chi connectivity index (χ1v) is 9.68. The molecule has 0 bridgehead atoms. The molecule has 1 aromatic heterocycles. The number of hydrazone groups is 1. The third-order valence-electron chi connectivity index (χ3n) is 4.69. The number of hydrogen-bond acceptors (Lipinski definition) is 5. The van der Waals surface area contributed by atoms with Crippen LogP contribution in [0.2, 0.25) is 0 Å². The number of phenols is 1. The van der Waals surface area contributed by atoms with Crippen LogP contribution in [0.15, 0.2) is 84.0 Å². The molecule has 2 N–H and O–H groups in total. The van der Waals surface area contributed by atoms with Crippen molar-refractivity contribution in [2.75, 3.05) is 5.43 Å². The van der Waals surface area contributed by atoms with Gasteiger partial charge in [-0.25, -0.2) is 15.4 Å². The first-order chi connectivity index (χ1) is 14.6. The summed E-state index contributed by atoms with van der Waals surface area (Å²) in [5, 5.41) is 13.6. The normalized spacial score (nSPS) is 11.0. The van der Waals surface area contributed by atoms with Crippen LogP contribution < -0.4 is 5.43 Å². The van der Waals surface area contributed by atoms with Gasteiger partial charge in [-0.3, -0.25) is 0 Å². The summed E-state index contributed by atoms with van der Waals surface area (Å²) in [6.45, 7) is 4.12. The number of rotatable bonds is 5. The molecule has 0 aliphatic carbocycles. The second-order valence-electron chi connectivity index (χ2n) is 7.16. The molecule has 148 valence electrons. The molecule has 0 atom stereocenters. The molecule has 0 fully saturated rings. The molecule has 30 heavy (non-hydrogen) atoms. The van der Waals surface area contributed by atoms with Crippen LogP contribution in [0.1, 0.15) is 16.7 Å². The summed E-state index contributed by atoms with van der Waals surface area (Å²) in [6.07, 6.45) is 1.66. The predicted octanol–water partition coefficient (Wildman–Crippen LogP) is 5.58. The van der Waals surface area contributed by atoms with Crippen molar-refractivity contribution in [1.29, 1.82) is 0 Å². The van der Waals surface area contributed by atoms with E-state index in [4.69, 9.17) is 0 Å². The maximum absolute atomic E-state index is 9.39. The minimum absolute atomic E-state index is 0.219. The monoisotopic (exact) mass is 394 g/mol. The first kappa shape index (κ1) is 19.3. The second kappa shape index (κ2) is 8.57. The van der Waals surface area contributed by atoms with Gasteiger partial charge in [0, 0.05) is 11.1 Å². The van der Waals surface area contributed by atoms with E-state index in [1.165, 1.54) is 11.1 Å². The quantitative estimate of drug-likeness (QED) is 0.342. The summed E-state index contributed by atoms with van der Waals surface area (Å²) < 4.78 is 0. The third kappa shape index (κ3) is 4.70. The van der Waals surface area contributed by atoms with Crippen molar-refractivity contribution in [3.05, 3.63) is 95.6 Å². The molecular formula is C25H22N4O. The van der Waals surface area contributed by atoms with Crippen LogP contribution in [0.4, 0.5) is 5.95 Å². The van der Waals surface area contributed by atoms with Gasteiger partial charge in [0.05, 0.1) is 17.6 Å². The highest BCUT2D eigenvalue weighted by Gasteiger charge is 2.08. The smallest absolute Gasteiger partial charge is 0.244 e. The van der Waals surface area contributed by atoms with Gasteiger partial charge >= 0.3 is 0 Å². The standard InChI is InChI=1S/C25H22N4O/c1-17-3-9-20(10-4-17)23-15-24(21-11-5-18(2)6-12-21)28-25(27-23)29-26-16-19-7-13-22(30)14-8-19/h3-16,30H,1-2H3,(H,27,28,29). The molecular weight excluding hydrogens is 372 g/mol. The minimum Gasteiger partial charge on any atom is -0.508 e. The van der Waals surface area contributed by atoms with Gasteiger partial charge in [0.2, 0.25) is 5.95 Å². The van der Waals surface area contributed by atoms with E-state index in [-0.39, 0.29) is 5.75 Å². The van der Waals surface area contributed by atoms with Crippen LogP contribution >= 0.6 is 0 Å². The average Bonchev–Trinajstić information content (AvgIpc) is 2.76. The zero-order chi connectivity index (χ0) is 20.9. The lowest BCUT2D eigenvalue weighted by molar-refractivity contribution is 0.475. The molecule has 0 aliphatic heterocycles. The first-order valence-electron chi connectivity index (χ1n) is 9.68. The fourth-order valence-electron chi connectivity index (χ4n) is 2.97. The number of aromatic hydroxyl groups is 1. The Bertz CT molecular complexity index is 1100. The van der Waals surface area contributed by atoms with Gasteiger partial charge in [-0.2, -0.15) is 5.10 Å². The molecule has 5 nitrogen and oxygen atoms in total. The third-order valence-corrected chi connectivity index (χ3v) is 4.69. The van der Waals surface area contributed by atoms with E-state index in [1.807, 2.05) is 6.07 Å². The van der Waals surface area contributed by atoms with Crippen LogP contribution in [-0.4, -0.2) is 21.3 Å². The number of nitrogens with zero attached hydrogens (tertiary/aromatic N) is 3. The van der Waals surface area contributed by atoms with E-state index in [0.29, 0.717) is 5.95 Å². The lowest BCUT2D eigenvalue weighted by Crippen LogP contribution is -2.00. The van der Waals surface area contributed by atoms with E-state index in [9.17, 15) is 5.11 Å². The number of anilines is 1. The molecule has 0 spiro atoms. The van der Waals surface area contributed by atoms with Crippen LogP contribution in [0.3, 0.4) is 0 Å². The Kier molecular flexibility index (Phi) is 5.52. The Morgan fingerprint density at radius 1 is 0.733 bits per heavy atom. The van der Waals surface area contributed by atoms with Gasteiger partial charge in [0.25, 0.3) is 0 Å². The highest BCUT2D eigenvalue weighted by atomic mass is 16.3. The molecule has 0 saturated heterocycles. The molecule has 0 radical (unpaired) electrons. The van der Waals surface area contributed by atoms with Gasteiger partial charge in [-0.1, -0.05) is 59.7 Å². The number of aromatic nitrogens is 2. The number of benzene rings is 3. The molecule has 0 aliphatic rings. The van der Waals surface area contributed by atoms with Crippen molar-refractivity contribution < 1.29 is 5.11 Å². The fourth-order valence-corrected chi connectivity index (χ4v) is 2.97. The van der Waals surface area contributed by atoms with E-state index in [0.717, 1.165) is 28.1 Å². The zero-order valence-electron chi connectivity index (χ0n) is 16.9. The summed E-state index contributed by atoms with van der Waals surface area (Å²) in [6, 6.07) is 25.3. The highest BCUT2D eigenvalue weighted by molar-refractivity contribution is 5.80. The molecule has 4 rings (SSSR count). The van der Waals surface area contributed by atoms with Crippen molar-refractivity contribution in [3.8, 4) is 28.3 Å².